The van der Waals surface area contributed by atoms with Crippen molar-refractivity contribution in [3.63, 3.8) is 0 Å². The van der Waals surface area contributed by atoms with Crippen molar-refractivity contribution in [1.82, 2.24) is 5.32 Å². The fourth-order valence-corrected chi connectivity index (χ4v) is 1.45. The summed E-state index contributed by atoms with van der Waals surface area (Å²) in [5.74, 6) is 1.84. The number of nitrogens with one attached hydrogen (secondary N) is 1. The van der Waals surface area contributed by atoms with Crippen LogP contribution in [0.4, 0.5) is 0 Å². The summed E-state index contributed by atoms with van der Waals surface area (Å²) in [4.78, 5) is 0. The zero-order valence-corrected chi connectivity index (χ0v) is 11.8. The van der Waals surface area contributed by atoms with Crippen LogP contribution in [-0.2, 0) is 17.9 Å². The number of ether oxygens (including phenoxy) is 1. The highest BCUT2D eigenvalue weighted by molar-refractivity contribution is 5.06. The first kappa shape index (κ1) is 15.0. The van der Waals surface area contributed by atoms with Crippen LogP contribution in [0.1, 0.15) is 45.1 Å². The largest absolute Gasteiger partial charge is 0.462 e. The highest BCUT2D eigenvalue weighted by Crippen LogP contribution is 2.11. The van der Waals surface area contributed by atoms with Gasteiger partial charge in [0.1, 0.15) is 18.1 Å². The predicted octanol–water partition coefficient (Wildman–Crippen LogP) is 3.65. The second kappa shape index (κ2) is 7.39. The molecule has 0 fully saturated rings. The van der Waals surface area contributed by atoms with Crippen LogP contribution in [0.3, 0.4) is 0 Å². The average molecular weight is 251 g/mol. The second-order valence-electron chi connectivity index (χ2n) is 5.46. The zero-order chi connectivity index (χ0) is 13.4. The van der Waals surface area contributed by atoms with Crippen molar-refractivity contribution >= 4 is 0 Å². The van der Waals surface area contributed by atoms with E-state index in [2.05, 4.69) is 32.7 Å². The maximum atomic E-state index is 5.68. The van der Waals surface area contributed by atoms with Crippen molar-refractivity contribution in [2.45, 2.75) is 52.3 Å². The van der Waals surface area contributed by atoms with Crippen LogP contribution in [0.5, 0.6) is 0 Å². The van der Waals surface area contributed by atoms with Gasteiger partial charge in [0.25, 0.3) is 0 Å². The predicted molar refractivity (Wildman–Crippen MR) is 74.4 cm³/mol. The van der Waals surface area contributed by atoms with E-state index in [1.54, 1.807) is 0 Å². The third kappa shape index (κ3) is 6.62. The molecule has 1 aromatic heterocycles. The average Bonchev–Trinajstić information content (AvgIpc) is 2.73. The van der Waals surface area contributed by atoms with Gasteiger partial charge in [0.15, 0.2) is 0 Å². The summed E-state index contributed by atoms with van der Waals surface area (Å²) in [6.45, 7) is 12.1. The Bertz CT molecular complexity index is 350. The van der Waals surface area contributed by atoms with Crippen LogP contribution in [-0.4, -0.2) is 12.1 Å². The first-order valence-electron chi connectivity index (χ1n) is 6.52. The Kier molecular flexibility index (Phi) is 6.16. The van der Waals surface area contributed by atoms with E-state index in [9.17, 15) is 0 Å². The van der Waals surface area contributed by atoms with Gasteiger partial charge in [-0.3, -0.25) is 0 Å². The SMILES string of the molecule is C=CCCCOCc1ccc(CNC(C)(C)C)o1. The summed E-state index contributed by atoms with van der Waals surface area (Å²) in [6, 6.07) is 3.98. The van der Waals surface area contributed by atoms with Crippen molar-refractivity contribution in [3.8, 4) is 0 Å². The monoisotopic (exact) mass is 251 g/mol. The van der Waals surface area contributed by atoms with E-state index in [1.807, 2.05) is 18.2 Å². The molecule has 0 aromatic carbocycles. The van der Waals surface area contributed by atoms with Crippen LogP contribution in [0.25, 0.3) is 0 Å². The van der Waals surface area contributed by atoms with E-state index in [1.165, 1.54) is 0 Å². The number of unbranched alkanes of at least 4 members (excludes halogenated alkanes) is 1. The van der Waals surface area contributed by atoms with Crippen molar-refractivity contribution in [1.29, 1.82) is 0 Å². The summed E-state index contributed by atoms with van der Waals surface area (Å²) in [7, 11) is 0. The molecule has 0 amide bonds. The Balaban J connectivity index is 2.23. The van der Waals surface area contributed by atoms with Crippen LogP contribution in [0.15, 0.2) is 29.2 Å². The number of furan rings is 1. The van der Waals surface area contributed by atoms with Gasteiger partial charge in [0.2, 0.25) is 0 Å². The molecule has 0 saturated heterocycles. The van der Waals surface area contributed by atoms with E-state index >= 15 is 0 Å². The fourth-order valence-electron chi connectivity index (χ4n) is 1.45. The standard InChI is InChI=1S/C15H25NO2/c1-5-6-7-10-17-12-14-9-8-13(18-14)11-16-15(2,3)4/h5,8-9,16H,1,6-7,10-12H2,2-4H3. The lowest BCUT2D eigenvalue weighted by Gasteiger charge is -2.19. The fraction of sp³-hybridized carbons (Fsp3) is 0.600. The molecule has 0 aliphatic rings. The van der Waals surface area contributed by atoms with E-state index in [4.69, 9.17) is 9.15 Å². The van der Waals surface area contributed by atoms with Gasteiger partial charge in [-0.05, 0) is 45.7 Å². The van der Waals surface area contributed by atoms with E-state index in [0.29, 0.717) is 6.61 Å². The maximum Gasteiger partial charge on any atom is 0.129 e. The van der Waals surface area contributed by atoms with Gasteiger partial charge in [-0.25, -0.2) is 0 Å². The maximum absolute atomic E-state index is 5.68. The third-order valence-electron chi connectivity index (χ3n) is 2.45. The van der Waals surface area contributed by atoms with Crippen LogP contribution in [0.2, 0.25) is 0 Å². The van der Waals surface area contributed by atoms with Gasteiger partial charge in [-0.1, -0.05) is 6.08 Å². The van der Waals surface area contributed by atoms with Gasteiger partial charge >= 0.3 is 0 Å². The Morgan fingerprint density at radius 2 is 2.06 bits per heavy atom. The minimum Gasteiger partial charge on any atom is -0.462 e. The second-order valence-corrected chi connectivity index (χ2v) is 5.46. The minimum atomic E-state index is 0.105. The van der Waals surface area contributed by atoms with E-state index < -0.39 is 0 Å². The molecule has 1 heterocycles. The number of rotatable bonds is 8. The molecule has 18 heavy (non-hydrogen) atoms. The summed E-state index contributed by atoms with van der Waals surface area (Å²) in [5.41, 5.74) is 0.105. The number of hydrogen-bond donors (Lipinski definition) is 1. The molecule has 3 nitrogen and oxygen atoms in total. The molecule has 0 spiro atoms. The van der Waals surface area contributed by atoms with Gasteiger partial charge in [0, 0.05) is 12.1 Å². The van der Waals surface area contributed by atoms with Crippen molar-refractivity contribution in [2.75, 3.05) is 6.61 Å². The van der Waals surface area contributed by atoms with Crippen molar-refractivity contribution in [3.05, 3.63) is 36.3 Å². The summed E-state index contributed by atoms with van der Waals surface area (Å²) in [5, 5.41) is 3.39. The van der Waals surface area contributed by atoms with E-state index in [0.717, 1.165) is 37.5 Å². The smallest absolute Gasteiger partial charge is 0.129 e. The highest BCUT2D eigenvalue weighted by Gasteiger charge is 2.10. The first-order valence-corrected chi connectivity index (χ1v) is 6.52. The molecule has 0 bridgehead atoms. The van der Waals surface area contributed by atoms with Crippen LogP contribution < -0.4 is 5.32 Å². The number of allylic oxidation sites excluding steroid dienone is 1. The van der Waals surface area contributed by atoms with Crippen molar-refractivity contribution < 1.29 is 9.15 Å². The molecular formula is C15H25NO2. The van der Waals surface area contributed by atoms with Crippen molar-refractivity contribution in [2.24, 2.45) is 0 Å². The first-order chi connectivity index (χ1) is 8.51. The third-order valence-corrected chi connectivity index (χ3v) is 2.45. The molecule has 1 rings (SSSR count). The Morgan fingerprint density at radius 3 is 2.72 bits per heavy atom. The molecule has 0 radical (unpaired) electrons. The Hall–Kier alpha value is -1.06. The van der Waals surface area contributed by atoms with Gasteiger partial charge in [-0.15, -0.1) is 6.58 Å². The summed E-state index contributed by atoms with van der Waals surface area (Å²) < 4.78 is 11.2. The molecule has 0 aliphatic carbocycles. The van der Waals surface area contributed by atoms with E-state index in [-0.39, 0.29) is 5.54 Å². The molecule has 0 saturated carbocycles. The molecular weight excluding hydrogens is 226 g/mol. The molecule has 3 heteroatoms. The molecule has 0 aliphatic heterocycles. The lowest BCUT2D eigenvalue weighted by atomic mass is 10.1. The van der Waals surface area contributed by atoms with Gasteiger partial charge < -0.3 is 14.5 Å². The zero-order valence-electron chi connectivity index (χ0n) is 11.8. The lowest BCUT2D eigenvalue weighted by Crippen LogP contribution is -2.34. The van der Waals surface area contributed by atoms with Gasteiger partial charge in [-0.2, -0.15) is 0 Å². The van der Waals surface area contributed by atoms with Crippen LogP contribution in [0, 0.1) is 0 Å². The lowest BCUT2D eigenvalue weighted by molar-refractivity contribution is 0.103. The normalized spacial score (nSPS) is 11.7. The van der Waals surface area contributed by atoms with Gasteiger partial charge in [0.05, 0.1) is 6.54 Å². The molecule has 102 valence electrons. The molecule has 0 atom stereocenters. The minimum absolute atomic E-state index is 0.105. The number of hydrogen-bond acceptors (Lipinski definition) is 3. The topological polar surface area (TPSA) is 34.4 Å². The Morgan fingerprint density at radius 1 is 1.33 bits per heavy atom. The quantitative estimate of drug-likeness (QED) is 0.565. The Labute approximate surface area is 110 Å². The highest BCUT2D eigenvalue weighted by atomic mass is 16.5. The summed E-state index contributed by atoms with van der Waals surface area (Å²) >= 11 is 0. The molecule has 1 N–H and O–H groups in total. The summed E-state index contributed by atoms with van der Waals surface area (Å²) in [6.07, 6.45) is 3.92. The molecule has 0 unspecified atom stereocenters. The molecule has 1 aromatic rings. The van der Waals surface area contributed by atoms with Crippen LogP contribution >= 0.6 is 0 Å².